The van der Waals surface area contributed by atoms with E-state index in [1.807, 2.05) is 10.7 Å². The van der Waals surface area contributed by atoms with Gasteiger partial charge in [0.2, 0.25) is 0 Å². The van der Waals surface area contributed by atoms with Crippen molar-refractivity contribution >= 4 is 34.2 Å². The number of amides is 1. The summed E-state index contributed by atoms with van der Waals surface area (Å²) in [6, 6.07) is 12.2. The van der Waals surface area contributed by atoms with Crippen LogP contribution >= 0.6 is 11.6 Å². The van der Waals surface area contributed by atoms with Gasteiger partial charge in [-0.05, 0) is 42.3 Å². The second-order valence-electron chi connectivity index (χ2n) is 10.5. The Balaban J connectivity index is 1.53. The number of hydrogen-bond acceptors (Lipinski definition) is 6. The Morgan fingerprint density at radius 1 is 1.05 bits per heavy atom. The van der Waals surface area contributed by atoms with Crippen molar-refractivity contribution in [3.05, 3.63) is 76.2 Å². The summed E-state index contributed by atoms with van der Waals surface area (Å²) in [5.74, 6) is 0.730. The van der Waals surface area contributed by atoms with E-state index in [4.69, 9.17) is 31.9 Å². The van der Waals surface area contributed by atoms with Crippen molar-refractivity contribution in [3.63, 3.8) is 0 Å². The van der Waals surface area contributed by atoms with Crippen LogP contribution in [0.15, 0.2) is 48.7 Å². The molecule has 8 nitrogen and oxygen atoms in total. The minimum absolute atomic E-state index is 0.0522. The first kappa shape index (κ1) is 28.1. The summed E-state index contributed by atoms with van der Waals surface area (Å²) in [5.41, 5.74) is 8.84. The molecule has 0 radical (unpaired) electrons. The predicted molar refractivity (Wildman–Crippen MR) is 152 cm³/mol. The molecule has 4 aromatic rings. The molecule has 2 aromatic carbocycles. The molecule has 0 fully saturated rings. The third-order valence-corrected chi connectivity index (χ3v) is 6.73. The third kappa shape index (κ3) is 6.40. The molecule has 2 aromatic heterocycles. The number of nitrogens with two attached hydrogens (primary N) is 1. The minimum atomic E-state index is -0.618. The minimum Gasteiger partial charge on any atom is -0.496 e. The van der Waals surface area contributed by atoms with E-state index in [1.165, 1.54) is 7.11 Å². The van der Waals surface area contributed by atoms with E-state index in [1.54, 1.807) is 42.6 Å². The lowest BCUT2D eigenvalue weighted by molar-refractivity contribution is -0.117. The molecule has 4 rings (SSSR count). The molecular weight excluding hydrogens is 516 g/mol. The van der Waals surface area contributed by atoms with Crippen LogP contribution in [0.4, 0.5) is 0 Å². The van der Waals surface area contributed by atoms with E-state index in [0.29, 0.717) is 38.7 Å². The van der Waals surface area contributed by atoms with Crippen LogP contribution in [0, 0.1) is 0 Å². The van der Waals surface area contributed by atoms with Crippen LogP contribution in [0.3, 0.4) is 0 Å². The topological polar surface area (TPSA) is 109 Å². The van der Waals surface area contributed by atoms with Crippen molar-refractivity contribution < 1.29 is 19.1 Å². The number of fused-ring (bicyclic) bond motifs is 1. The van der Waals surface area contributed by atoms with Gasteiger partial charge in [0.15, 0.2) is 0 Å². The highest BCUT2D eigenvalue weighted by atomic mass is 35.5. The smallest absolute Gasteiger partial charge is 0.252 e. The number of hydrogen-bond donors (Lipinski definition) is 1. The standard InChI is InChI=1S/C30H33ClN4O4/c1-6-11-35-19(14-28(34-35)30(2,3)4)13-20(36)12-18-7-8-21(15-24(18)31)39-26-9-10-33-25-17-27(38-5)23(29(32)37)16-22(25)26/h7-10,14-17H,6,11-13H2,1-5H3,(H2,32,37). The molecule has 0 bridgehead atoms. The predicted octanol–water partition coefficient (Wildman–Crippen LogP) is 6.05. The fourth-order valence-electron chi connectivity index (χ4n) is 4.31. The average Bonchev–Trinajstić information content (AvgIpc) is 3.28. The molecule has 2 heterocycles. The molecule has 204 valence electrons. The summed E-state index contributed by atoms with van der Waals surface area (Å²) < 4.78 is 13.3. The lowest BCUT2D eigenvalue weighted by Crippen LogP contribution is -2.14. The van der Waals surface area contributed by atoms with Crippen molar-refractivity contribution in [1.82, 2.24) is 14.8 Å². The molecule has 2 N–H and O–H groups in total. The normalized spacial score (nSPS) is 11.5. The van der Waals surface area contributed by atoms with Crippen LogP contribution in [0.5, 0.6) is 17.2 Å². The molecule has 0 saturated heterocycles. The van der Waals surface area contributed by atoms with Crippen LogP contribution in [0.25, 0.3) is 10.9 Å². The molecule has 0 saturated carbocycles. The number of carbonyl (C=O) groups is 2. The fraction of sp³-hybridized carbons (Fsp3) is 0.333. The maximum atomic E-state index is 13.0. The van der Waals surface area contributed by atoms with Gasteiger partial charge in [0.05, 0.1) is 23.9 Å². The number of ether oxygens (including phenoxy) is 2. The number of aryl methyl sites for hydroxylation is 1. The summed E-state index contributed by atoms with van der Waals surface area (Å²) in [5, 5.41) is 5.76. The maximum absolute atomic E-state index is 13.0. The first-order chi connectivity index (χ1) is 18.5. The van der Waals surface area contributed by atoms with E-state index in [9.17, 15) is 9.59 Å². The van der Waals surface area contributed by atoms with Crippen molar-refractivity contribution in [2.75, 3.05) is 7.11 Å². The van der Waals surface area contributed by atoms with Crippen molar-refractivity contribution in [2.45, 2.75) is 58.9 Å². The van der Waals surface area contributed by atoms with Gasteiger partial charge >= 0.3 is 0 Å². The zero-order valence-electron chi connectivity index (χ0n) is 22.9. The Hall–Kier alpha value is -3.91. The number of aromatic nitrogens is 3. The number of halogens is 1. The van der Waals surface area contributed by atoms with Crippen LogP contribution in [0.2, 0.25) is 5.02 Å². The third-order valence-electron chi connectivity index (χ3n) is 6.37. The van der Waals surface area contributed by atoms with Gasteiger partial charge < -0.3 is 15.2 Å². The first-order valence-corrected chi connectivity index (χ1v) is 13.2. The van der Waals surface area contributed by atoms with E-state index in [2.05, 4.69) is 32.7 Å². The van der Waals surface area contributed by atoms with Gasteiger partial charge in [-0.25, -0.2) is 0 Å². The summed E-state index contributed by atoms with van der Waals surface area (Å²) >= 11 is 6.57. The second-order valence-corrected chi connectivity index (χ2v) is 10.9. The molecule has 0 spiro atoms. The summed E-state index contributed by atoms with van der Waals surface area (Å²) in [6.07, 6.45) is 3.02. The molecule has 0 unspecified atom stereocenters. The Morgan fingerprint density at radius 3 is 2.46 bits per heavy atom. The number of primary amides is 1. The molecular formula is C30H33ClN4O4. The molecule has 0 atom stereocenters. The largest absolute Gasteiger partial charge is 0.496 e. The Kier molecular flexibility index (Phi) is 8.25. The summed E-state index contributed by atoms with van der Waals surface area (Å²) in [4.78, 5) is 29.3. The zero-order valence-corrected chi connectivity index (χ0v) is 23.6. The second kappa shape index (κ2) is 11.5. The molecule has 9 heteroatoms. The van der Waals surface area contributed by atoms with Crippen LogP contribution in [-0.4, -0.2) is 33.6 Å². The van der Waals surface area contributed by atoms with Gasteiger partial charge in [-0.1, -0.05) is 45.4 Å². The highest BCUT2D eigenvalue weighted by Gasteiger charge is 2.21. The summed E-state index contributed by atoms with van der Waals surface area (Å²) in [6.45, 7) is 9.20. The fourth-order valence-corrected chi connectivity index (χ4v) is 4.54. The number of carbonyl (C=O) groups excluding carboxylic acids is 2. The SMILES string of the molecule is CCCn1nc(C(C)(C)C)cc1CC(=O)Cc1ccc(Oc2ccnc3cc(OC)c(C(N)=O)cc23)cc1Cl. The highest BCUT2D eigenvalue weighted by molar-refractivity contribution is 6.31. The Labute approximate surface area is 233 Å². The Bertz CT molecular complexity index is 1540. The van der Waals surface area contributed by atoms with Gasteiger partial charge in [0.1, 0.15) is 23.0 Å². The van der Waals surface area contributed by atoms with Crippen molar-refractivity contribution in [1.29, 1.82) is 0 Å². The van der Waals surface area contributed by atoms with E-state index in [-0.39, 0.29) is 29.6 Å². The molecule has 0 aliphatic heterocycles. The number of methoxy groups -OCH3 is 1. The number of rotatable bonds is 10. The van der Waals surface area contributed by atoms with Gasteiger partial charge in [0.25, 0.3) is 5.91 Å². The van der Waals surface area contributed by atoms with Gasteiger partial charge in [0, 0.05) is 53.2 Å². The number of pyridine rings is 1. The number of nitrogens with zero attached hydrogens (tertiary/aromatic N) is 3. The number of ketones is 1. The van der Waals surface area contributed by atoms with E-state index < -0.39 is 5.91 Å². The average molecular weight is 549 g/mol. The van der Waals surface area contributed by atoms with Crippen LogP contribution < -0.4 is 15.2 Å². The lowest BCUT2D eigenvalue weighted by atomic mass is 9.92. The zero-order chi connectivity index (χ0) is 28.3. The van der Waals surface area contributed by atoms with Crippen LogP contribution in [-0.2, 0) is 29.6 Å². The van der Waals surface area contributed by atoms with Gasteiger partial charge in [-0.2, -0.15) is 5.10 Å². The maximum Gasteiger partial charge on any atom is 0.252 e. The molecule has 0 aliphatic carbocycles. The van der Waals surface area contributed by atoms with E-state index in [0.717, 1.165) is 24.4 Å². The van der Waals surface area contributed by atoms with Gasteiger partial charge in [-0.3, -0.25) is 19.3 Å². The lowest BCUT2D eigenvalue weighted by Gasteiger charge is -2.14. The van der Waals surface area contributed by atoms with Crippen molar-refractivity contribution in [2.24, 2.45) is 5.73 Å². The molecule has 0 aliphatic rings. The monoisotopic (exact) mass is 548 g/mol. The number of benzene rings is 2. The van der Waals surface area contributed by atoms with Gasteiger partial charge in [-0.15, -0.1) is 0 Å². The highest BCUT2D eigenvalue weighted by Crippen LogP contribution is 2.34. The van der Waals surface area contributed by atoms with Crippen molar-refractivity contribution in [3.8, 4) is 17.2 Å². The van der Waals surface area contributed by atoms with Crippen LogP contribution in [0.1, 0.15) is 61.4 Å². The number of Topliss-reactive ketones (excluding diaryl/α,β-unsaturated/α-hetero) is 1. The molecule has 39 heavy (non-hydrogen) atoms. The quantitative estimate of drug-likeness (QED) is 0.258. The molecule has 1 amide bonds. The first-order valence-electron chi connectivity index (χ1n) is 12.8. The summed E-state index contributed by atoms with van der Waals surface area (Å²) in [7, 11) is 1.46. The van der Waals surface area contributed by atoms with E-state index >= 15 is 0 Å². The Morgan fingerprint density at radius 2 is 1.82 bits per heavy atom.